The fourth-order valence-corrected chi connectivity index (χ4v) is 4.10. The first-order valence-electron chi connectivity index (χ1n) is 8.70. The molecule has 0 amide bonds. The van der Waals surface area contributed by atoms with Gasteiger partial charge in [0.15, 0.2) is 0 Å². The van der Waals surface area contributed by atoms with Gasteiger partial charge in [0, 0.05) is 37.2 Å². The highest BCUT2D eigenvalue weighted by atomic mass is 31.0. The molecule has 5 nitrogen and oxygen atoms in total. The summed E-state index contributed by atoms with van der Waals surface area (Å²) in [6.45, 7) is 0.0317. The molecule has 10 heteroatoms. The molecule has 0 spiro atoms. The van der Waals surface area contributed by atoms with E-state index in [-0.39, 0.29) is 42.4 Å². The van der Waals surface area contributed by atoms with Gasteiger partial charge in [-0.3, -0.25) is 4.79 Å². The number of fused-ring (bicyclic) bond motifs is 1. The van der Waals surface area contributed by atoms with Crippen LogP contribution in [0, 0.1) is 11.8 Å². The molecule has 154 valence electrons. The number of halogens is 3. The summed E-state index contributed by atoms with van der Waals surface area (Å²) in [7, 11) is 4.37. The van der Waals surface area contributed by atoms with E-state index in [1.807, 2.05) is 6.08 Å². The van der Waals surface area contributed by atoms with Crippen molar-refractivity contribution in [3.8, 4) is 5.75 Å². The summed E-state index contributed by atoms with van der Waals surface area (Å²) in [5, 5.41) is 0. The highest BCUT2D eigenvalue weighted by Crippen LogP contribution is 2.44. The Morgan fingerprint density at radius 1 is 1.32 bits per heavy atom. The quantitative estimate of drug-likeness (QED) is 0.368. The first-order valence-corrected chi connectivity index (χ1v) is 9.65. The van der Waals surface area contributed by atoms with Gasteiger partial charge in [0.25, 0.3) is 0 Å². The highest BCUT2D eigenvalue weighted by Gasteiger charge is 2.49. The average Bonchev–Trinajstić information content (AvgIpc) is 3.17. The molecule has 28 heavy (non-hydrogen) atoms. The second kappa shape index (κ2) is 9.08. The molecule has 7 atom stereocenters. The van der Waals surface area contributed by atoms with Crippen LogP contribution < -0.4 is 4.74 Å². The van der Waals surface area contributed by atoms with Crippen LogP contribution in [0.25, 0.3) is 0 Å². The van der Waals surface area contributed by atoms with Crippen molar-refractivity contribution in [3.05, 3.63) is 42.0 Å². The molecule has 0 radical (unpaired) electrons. The number of hydrogen-bond donors (Lipinski definition) is 0. The molecule has 5 unspecified atom stereocenters. The Hall–Kier alpha value is -1.20. The van der Waals surface area contributed by atoms with Crippen LogP contribution in [0.2, 0.25) is 0 Å². The standard InChI is InChI=1S/C18H21F3O5P2/c19-18(20,21)10-2-1-3-11(6-10)23-9-12(25-27)4-5-13-14-7-17(22)24-15(14)8-16(13)26-28/h1-6,12-16H,7-9,27-28H2/b5-4+/t12?,13-,14-,15?,16?/m1/s1. The molecule has 1 aliphatic heterocycles. The van der Waals surface area contributed by atoms with Gasteiger partial charge in [-0.1, -0.05) is 18.2 Å². The first-order chi connectivity index (χ1) is 13.3. The number of alkyl halides is 3. The molecule has 1 saturated carbocycles. The maximum absolute atomic E-state index is 12.8. The summed E-state index contributed by atoms with van der Waals surface area (Å²) >= 11 is 0. The van der Waals surface area contributed by atoms with Gasteiger partial charge in [-0.25, -0.2) is 0 Å². The zero-order chi connectivity index (χ0) is 20.3. The van der Waals surface area contributed by atoms with Crippen LogP contribution in [-0.2, 0) is 24.8 Å². The predicted octanol–water partition coefficient (Wildman–Crippen LogP) is 3.94. The summed E-state index contributed by atoms with van der Waals surface area (Å²) in [5.74, 6) is -0.0755. The van der Waals surface area contributed by atoms with Crippen molar-refractivity contribution in [3.63, 3.8) is 0 Å². The van der Waals surface area contributed by atoms with E-state index < -0.39 is 17.8 Å². The molecule has 2 fully saturated rings. The summed E-state index contributed by atoms with van der Waals surface area (Å²) < 4.78 is 59.8. The molecule has 1 heterocycles. The van der Waals surface area contributed by atoms with Gasteiger partial charge in [-0.15, -0.1) is 0 Å². The first kappa shape index (κ1) is 21.5. The van der Waals surface area contributed by atoms with Crippen LogP contribution in [-0.4, -0.2) is 30.9 Å². The number of ether oxygens (including phenoxy) is 2. The van der Waals surface area contributed by atoms with E-state index >= 15 is 0 Å². The number of rotatable bonds is 7. The lowest BCUT2D eigenvalue weighted by atomic mass is 9.91. The van der Waals surface area contributed by atoms with Crippen molar-refractivity contribution in [1.82, 2.24) is 0 Å². The molecule has 1 aromatic carbocycles. The van der Waals surface area contributed by atoms with Gasteiger partial charge < -0.3 is 18.5 Å². The van der Waals surface area contributed by atoms with Crippen molar-refractivity contribution < 1.29 is 36.5 Å². The van der Waals surface area contributed by atoms with E-state index in [1.54, 1.807) is 6.08 Å². The molecule has 0 aromatic heterocycles. The van der Waals surface area contributed by atoms with Crippen LogP contribution >= 0.6 is 18.9 Å². The summed E-state index contributed by atoms with van der Waals surface area (Å²) in [4.78, 5) is 11.5. The Balaban J connectivity index is 1.62. The molecule has 1 aromatic rings. The topological polar surface area (TPSA) is 54.0 Å². The Bertz CT molecular complexity index is 727. The Labute approximate surface area is 165 Å². The number of hydrogen-bond acceptors (Lipinski definition) is 5. The second-order valence-electron chi connectivity index (χ2n) is 6.78. The average molecular weight is 436 g/mol. The number of benzene rings is 1. The van der Waals surface area contributed by atoms with Gasteiger partial charge in [-0.05, 0) is 18.2 Å². The lowest BCUT2D eigenvalue weighted by Gasteiger charge is -2.19. The van der Waals surface area contributed by atoms with Crippen LogP contribution in [0.3, 0.4) is 0 Å². The fraction of sp³-hybridized carbons (Fsp3) is 0.500. The monoisotopic (exact) mass is 436 g/mol. The van der Waals surface area contributed by atoms with Crippen LogP contribution in [0.15, 0.2) is 36.4 Å². The van der Waals surface area contributed by atoms with E-state index in [4.69, 9.17) is 18.5 Å². The molecule has 0 bridgehead atoms. The van der Waals surface area contributed by atoms with E-state index in [9.17, 15) is 18.0 Å². The third-order valence-electron chi connectivity index (χ3n) is 5.02. The maximum Gasteiger partial charge on any atom is 0.416 e. The molecule has 3 rings (SSSR count). The van der Waals surface area contributed by atoms with E-state index in [1.165, 1.54) is 12.1 Å². The zero-order valence-electron chi connectivity index (χ0n) is 14.8. The summed E-state index contributed by atoms with van der Waals surface area (Å²) in [6.07, 6.45) is -0.522. The molecule has 2 aliphatic rings. The third kappa shape index (κ3) is 5.04. The smallest absolute Gasteiger partial charge is 0.416 e. The number of esters is 1. The minimum absolute atomic E-state index is 0.0230. The molecular weight excluding hydrogens is 415 g/mol. The highest BCUT2D eigenvalue weighted by molar-refractivity contribution is 7.10. The summed E-state index contributed by atoms with van der Waals surface area (Å²) in [5.41, 5.74) is -0.771. The van der Waals surface area contributed by atoms with Crippen LogP contribution in [0.4, 0.5) is 13.2 Å². The van der Waals surface area contributed by atoms with Crippen LogP contribution in [0.5, 0.6) is 5.75 Å². The largest absolute Gasteiger partial charge is 0.491 e. The fourth-order valence-electron chi connectivity index (χ4n) is 3.64. The minimum atomic E-state index is -4.43. The molecular formula is C18H21F3O5P2. The van der Waals surface area contributed by atoms with Crippen molar-refractivity contribution in [1.29, 1.82) is 0 Å². The van der Waals surface area contributed by atoms with Gasteiger partial charge in [0.05, 0.1) is 18.1 Å². The van der Waals surface area contributed by atoms with Gasteiger partial charge >= 0.3 is 12.1 Å². The molecule has 1 aliphatic carbocycles. The molecule has 0 N–H and O–H groups in total. The summed E-state index contributed by atoms with van der Waals surface area (Å²) in [6, 6.07) is 4.69. The van der Waals surface area contributed by atoms with Crippen LogP contribution in [0.1, 0.15) is 18.4 Å². The lowest BCUT2D eigenvalue weighted by molar-refractivity contribution is -0.142. The third-order valence-corrected chi connectivity index (χ3v) is 5.72. The van der Waals surface area contributed by atoms with E-state index in [0.717, 1.165) is 12.1 Å². The lowest BCUT2D eigenvalue weighted by Crippen LogP contribution is -2.21. The maximum atomic E-state index is 12.8. The van der Waals surface area contributed by atoms with Crippen molar-refractivity contribution in [2.24, 2.45) is 11.8 Å². The Kier molecular flexibility index (Phi) is 6.98. The van der Waals surface area contributed by atoms with Gasteiger partial charge in [-0.2, -0.15) is 13.2 Å². The number of carbonyl (C=O) groups excluding carboxylic acids is 1. The Morgan fingerprint density at radius 3 is 2.79 bits per heavy atom. The van der Waals surface area contributed by atoms with Crippen molar-refractivity contribution in [2.45, 2.75) is 37.3 Å². The normalized spacial score (nSPS) is 28.4. The predicted molar refractivity (Wildman–Crippen MR) is 101 cm³/mol. The SMILES string of the molecule is O=C1C[C@H]2C(CC(OP)[C@@H]2/C=C/C(COc2cccc(C(F)(F)F)c2)OP)O1. The Morgan fingerprint density at radius 2 is 2.11 bits per heavy atom. The zero-order valence-corrected chi connectivity index (χ0v) is 17.1. The van der Waals surface area contributed by atoms with E-state index in [0.29, 0.717) is 12.8 Å². The van der Waals surface area contributed by atoms with Crippen molar-refractivity contribution in [2.75, 3.05) is 6.61 Å². The van der Waals surface area contributed by atoms with E-state index in [2.05, 4.69) is 18.9 Å². The minimum Gasteiger partial charge on any atom is -0.491 e. The second-order valence-corrected chi connectivity index (χ2v) is 7.32. The van der Waals surface area contributed by atoms with Crippen molar-refractivity contribution >= 4 is 24.9 Å². The number of carbonyl (C=O) groups is 1. The molecule has 1 saturated heterocycles. The van der Waals surface area contributed by atoms with Gasteiger partial charge in [0.1, 0.15) is 24.6 Å². The van der Waals surface area contributed by atoms with Gasteiger partial charge in [0.2, 0.25) is 0 Å².